The third-order valence-electron chi connectivity index (χ3n) is 4.70. The van der Waals surface area contributed by atoms with Gasteiger partial charge in [-0.15, -0.1) is 0 Å². The number of sulfone groups is 1. The molecule has 1 saturated heterocycles. The van der Waals surface area contributed by atoms with Crippen molar-refractivity contribution in [2.45, 2.75) is 32.4 Å². The van der Waals surface area contributed by atoms with Crippen LogP contribution in [0.5, 0.6) is 0 Å². The van der Waals surface area contributed by atoms with E-state index >= 15 is 0 Å². The Hall–Kier alpha value is -1.60. The molecule has 2 rings (SSSR count). The highest BCUT2D eigenvalue weighted by Crippen LogP contribution is 2.19. The van der Waals surface area contributed by atoms with Crippen LogP contribution in [0.4, 0.5) is 0 Å². The van der Waals surface area contributed by atoms with Gasteiger partial charge in [0.1, 0.15) is 0 Å². The van der Waals surface area contributed by atoms with Gasteiger partial charge in [0, 0.05) is 19.6 Å². The molecule has 0 aliphatic carbocycles. The van der Waals surface area contributed by atoms with Crippen LogP contribution in [0.3, 0.4) is 0 Å². The maximum atomic E-state index is 11.6. The molecule has 1 fully saturated rings. The summed E-state index contributed by atoms with van der Waals surface area (Å²) in [5.74, 6) is 1.11. The summed E-state index contributed by atoms with van der Waals surface area (Å²) in [5, 5.41) is 6.62. The summed E-state index contributed by atoms with van der Waals surface area (Å²) in [5.41, 5.74) is 1.26. The third-order valence-corrected chi connectivity index (χ3v) is 6.47. The second-order valence-corrected chi connectivity index (χ2v) is 8.57. The van der Waals surface area contributed by atoms with Crippen LogP contribution in [-0.4, -0.2) is 63.5 Å². The highest BCUT2D eigenvalue weighted by Gasteiger charge is 2.28. The predicted octanol–water partition coefficient (Wildman–Crippen LogP) is 1.42. The molecule has 2 N–H and O–H groups in total. The number of benzene rings is 1. The third kappa shape index (κ3) is 5.71. The summed E-state index contributed by atoms with van der Waals surface area (Å²) >= 11 is 0. The van der Waals surface area contributed by atoms with Crippen LogP contribution in [0.1, 0.15) is 31.9 Å². The van der Waals surface area contributed by atoms with Crippen molar-refractivity contribution in [1.29, 1.82) is 0 Å². The Morgan fingerprint density at radius 3 is 2.48 bits per heavy atom. The summed E-state index contributed by atoms with van der Waals surface area (Å²) in [4.78, 5) is 6.66. The van der Waals surface area contributed by atoms with Crippen molar-refractivity contribution in [3.63, 3.8) is 0 Å². The highest BCUT2D eigenvalue weighted by atomic mass is 32.2. The zero-order chi connectivity index (χ0) is 18.3. The number of nitrogens with one attached hydrogen (secondary N) is 2. The largest absolute Gasteiger partial charge is 0.354 e. The van der Waals surface area contributed by atoms with Crippen molar-refractivity contribution < 1.29 is 8.42 Å². The maximum Gasteiger partial charge on any atom is 0.191 e. The molecule has 1 aliphatic heterocycles. The average molecular weight is 367 g/mol. The Balaban J connectivity index is 2.01. The quantitative estimate of drug-likeness (QED) is 0.564. The molecule has 0 spiro atoms. The monoisotopic (exact) mass is 366 g/mol. The number of hydrogen-bond donors (Lipinski definition) is 2. The number of rotatable bonds is 7. The number of guanidine groups is 1. The Morgan fingerprint density at radius 2 is 1.96 bits per heavy atom. The van der Waals surface area contributed by atoms with Crippen LogP contribution in [-0.2, 0) is 9.84 Å². The van der Waals surface area contributed by atoms with Gasteiger partial charge in [-0.1, -0.05) is 44.2 Å². The summed E-state index contributed by atoms with van der Waals surface area (Å²) in [7, 11) is -1.18. The summed E-state index contributed by atoms with van der Waals surface area (Å²) in [6, 6.07) is 10.6. The molecule has 25 heavy (non-hydrogen) atoms. The van der Waals surface area contributed by atoms with Gasteiger partial charge in [-0.05, 0) is 25.1 Å². The van der Waals surface area contributed by atoms with E-state index in [9.17, 15) is 8.42 Å². The van der Waals surface area contributed by atoms with Crippen molar-refractivity contribution in [1.82, 2.24) is 15.5 Å². The lowest BCUT2D eigenvalue weighted by molar-refractivity contribution is 0.219. The van der Waals surface area contributed by atoms with E-state index < -0.39 is 9.84 Å². The van der Waals surface area contributed by atoms with Crippen molar-refractivity contribution in [2.75, 3.05) is 38.2 Å². The fourth-order valence-corrected chi connectivity index (χ4v) is 4.96. The molecule has 0 radical (unpaired) electrons. The number of aliphatic imine (C=N–C) groups is 1. The summed E-state index contributed by atoms with van der Waals surface area (Å²) < 4.78 is 23.2. The minimum atomic E-state index is -2.90. The fourth-order valence-electron chi connectivity index (χ4n) is 3.29. The first-order valence-electron chi connectivity index (χ1n) is 8.95. The topological polar surface area (TPSA) is 73.8 Å². The predicted molar refractivity (Wildman–Crippen MR) is 104 cm³/mol. The molecular formula is C18H30N4O2S. The van der Waals surface area contributed by atoms with Gasteiger partial charge in [0.25, 0.3) is 0 Å². The van der Waals surface area contributed by atoms with E-state index in [0.717, 1.165) is 13.1 Å². The molecule has 2 unspecified atom stereocenters. The number of nitrogens with zero attached hydrogens (tertiary/aromatic N) is 2. The summed E-state index contributed by atoms with van der Waals surface area (Å²) in [6.07, 6.45) is 0.640. The van der Waals surface area contributed by atoms with Gasteiger partial charge in [0.2, 0.25) is 0 Å². The smallest absolute Gasteiger partial charge is 0.191 e. The van der Waals surface area contributed by atoms with E-state index in [1.807, 2.05) is 6.07 Å². The van der Waals surface area contributed by atoms with Crippen LogP contribution in [0.2, 0.25) is 0 Å². The fraction of sp³-hybridized carbons (Fsp3) is 0.611. The Labute approximate surface area is 151 Å². The SMILES string of the molecule is CCN(CC)C(CNC(=NC)NC1CCS(=O)(=O)C1)c1ccccc1. The van der Waals surface area contributed by atoms with Crippen LogP contribution >= 0.6 is 0 Å². The van der Waals surface area contributed by atoms with E-state index in [2.05, 4.69) is 58.6 Å². The Morgan fingerprint density at radius 1 is 1.28 bits per heavy atom. The molecule has 2 atom stereocenters. The van der Waals surface area contributed by atoms with Gasteiger partial charge in [0.05, 0.1) is 17.5 Å². The van der Waals surface area contributed by atoms with Crippen LogP contribution < -0.4 is 10.6 Å². The lowest BCUT2D eigenvalue weighted by atomic mass is 10.1. The van der Waals surface area contributed by atoms with Crippen LogP contribution in [0.25, 0.3) is 0 Å². The van der Waals surface area contributed by atoms with Gasteiger partial charge < -0.3 is 10.6 Å². The lowest BCUT2D eigenvalue weighted by Crippen LogP contribution is -2.47. The zero-order valence-electron chi connectivity index (χ0n) is 15.4. The van der Waals surface area contributed by atoms with E-state index in [1.165, 1.54) is 5.56 Å². The Kier molecular flexibility index (Phi) is 7.25. The van der Waals surface area contributed by atoms with Gasteiger partial charge in [-0.25, -0.2) is 8.42 Å². The number of likely N-dealkylation sites (N-methyl/N-ethyl adjacent to an activating group) is 1. The number of hydrogen-bond acceptors (Lipinski definition) is 4. The molecule has 1 aliphatic rings. The molecule has 1 aromatic carbocycles. The van der Waals surface area contributed by atoms with E-state index in [4.69, 9.17) is 0 Å². The first-order chi connectivity index (χ1) is 12.0. The van der Waals surface area contributed by atoms with E-state index in [1.54, 1.807) is 7.05 Å². The zero-order valence-corrected chi connectivity index (χ0v) is 16.2. The second kappa shape index (κ2) is 9.20. The van der Waals surface area contributed by atoms with Crippen molar-refractivity contribution >= 4 is 15.8 Å². The molecule has 6 nitrogen and oxygen atoms in total. The Bertz CT molecular complexity index is 657. The highest BCUT2D eigenvalue weighted by molar-refractivity contribution is 7.91. The second-order valence-electron chi connectivity index (χ2n) is 6.35. The van der Waals surface area contributed by atoms with Gasteiger partial charge in [-0.3, -0.25) is 9.89 Å². The average Bonchev–Trinajstić information content (AvgIpc) is 2.96. The molecule has 0 bridgehead atoms. The minimum Gasteiger partial charge on any atom is -0.354 e. The molecule has 0 saturated carbocycles. The first-order valence-corrected chi connectivity index (χ1v) is 10.8. The first kappa shape index (κ1) is 19.7. The van der Waals surface area contributed by atoms with E-state index in [-0.39, 0.29) is 23.6 Å². The molecule has 0 aromatic heterocycles. The van der Waals surface area contributed by atoms with Crippen LogP contribution in [0, 0.1) is 0 Å². The lowest BCUT2D eigenvalue weighted by Gasteiger charge is -2.31. The molecule has 140 valence electrons. The maximum absolute atomic E-state index is 11.6. The van der Waals surface area contributed by atoms with Crippen molar-refractivity contribution in [2.24, 2.45) is 4.99 Å². The molecular weight excluding hydrogens is 336 g/mol. The molecule has 0 amide bonds. The normalized spacial score (nSPS) is 21.3. The van der Waals surface area contributed by atoms with Crippen LogP contribution in [0.15, 0.2) is 35.3 Å². The van der Waals surface area contributed by atoms with Gasteiger partial charge in [-0.2, -0.15) is 0 Å². The van der Waals surface area contributed by atoms with Crippen molar-refractivity contribution in [3.05, 3.63) is 35.9 Å². The van der Waals surface area contributed by atoms with Crippen molar-refractivity contribution in [3.8, 4) is 0 Å². The van der Waals surface area contributed by atoms with Gasteiger partial charge in [0.15, 0.2) is 15.8 Å². The van der Waals surface area contributed by atoms with E-state index in [0.29, 0.717) is 18.9 Å². The molecule has 7 heteroatoms. The molecule has 1 heterocycles. The molecule has 1 aromatic rings. The van der Waals surface area contributed by atoms with Gasteiger partial charge >= 0.3 is 0 Å². The standard InChI is InChI=1S/C18H30N4O2S/c1-4-22(5-2)17(15-9-7-6-8-10-15)13-20-18(19-3)21-16-11-12-25(23,24)14-16/h6-10,16-17H,4-5,11-14H2,1-3H3,(H2,19,20,21). The summed E-state index contributed by atoms with van der Waals surface area (Å²) in [6.45, 7) is 6.96. The minimum absolute atomic E-state index is 0.0557.